The van der Waals surface area contributed by atoms with Crippen molar-refractivity contribution in [1.82, 2.24) is 5.32 Å². The minimum atomic E-state index is 0.558. The normalized spacial score (nSPS) is 38.3. The predicted molar refractivity (Wildman–Crippen MR) is 60.2 cm³/mol. The van der Waals surface area contributed by atoms with E-state index in [1.54, 1.807) is 0 Å². The van der Waals surface area contributed by atoms with E-state index in [1.807, 2.05) is 0 Å². The second-order valence-electron chi connectivity index (χ2n) is 5.03. The Labute approximate surface area is 86.0 Å². The van der Waals surface area contributed by atoms with Gasteiger partial charge in [0.05, 0.1) is 0 Å². The molecule has 2 unspecified atom stereocenters. The first kappa shape index (κ1) is 9.85. The van der Waals surface area contributed by atoms with Gasteiger partial charge in [0.2, 0.25) is 0 Å². The SMILES string of the molecule is CC1(C)SCCC1CC1CCNC1. The lowest BCUT2D eigenvalue weighted by Crippen LogP contribution is -2.25. The van der Waals surface area contributed by atoms with E-state index in [-0.39, 0.29) is 0 Å². The standard InChI is InChI=1S/C11H21NS/c1-11(2)10(4-6-13-11)7-9-3-5-12-8-9/h9-10,12H,3-8H2,1-2H3. The first-order valence-electron chi connectivity index (χ1n) is 5.53. The van der Waals surface area contributed by atoms with Crippen molar-refractivity contribution in [2.24, 2.45) is 11.8 Å². The molecule has 1 N–H and O–H groups in total. The van der Waals surface area contributed by atoms with Gasteiger partial charge in [0.25, 0.3) is 0 Å². The van der Waals surface area contributed by atoms with Crippen LogP contribution >= 0.6 is 11.8 Å². The van der Waals surface area contributed by atoms with Crippen LogP contribution in [-0.4, -0.2) is 23.6 Å². The molecule has 0 aliphatic carbocycles. The predicted octanol–water partition coefficient (Wildman–Crippen LogP) is 2.52. The highest BCUT2D eigenvalue weighted by molar-refractivity contribution is 8.00. The summed E-state index contributed by atoms with van der Waals surface area (Å²) < 4.78 is 0.558. The van der Waals surface area contributed by atoms with Gasteiger partial charge in [-0.2, -0.15) is 11.8 Å². The molecule has 0 aromatic heterocycles. The van der Waals surface area contributed by atoms with Crippen molar-refractivity contribution in [3.8, 4) is 0 Å². The van der Waals surface area contributed by atoms with Crippen LogP contribution in [0, 0.1) is 11.8 Å². The monoisotopic (exact) mass is 199 g/mol. The molecule has 0 spiro atoms. The van der Waals surface area contributed by atoms with Crippen LogP contribution in [0.2, 0.25) is 0 Å². The van der Waals surface area contributed by atoms with Gasteiger partial charge in [-0.3, -0.25) is 0 Å². The van der Waals surface area contributed by atoms with Crippen LogP contribution in [-0.2, 0) is 0 Å². The topological polar surface area (TPSA) is 12.0 Å². The Morgan fingerprint density at radius 2 is 2.23 bits per heavy atom. The van der Waals surface area contributed by atoms with Gasteiger partial charge >= 0.3 is 0 Å². The van der Waals surface area contributed by atoms with Crippen molar-refractivity contribution in [1.29, 1.82) is 0 Å². The lowest BCUT2D eigenvalue weighted by Gasteiger charge is -2.27. The number of nitrogens with one attached hydrogen (secondary N) is 1. The van der Waals surface area contributed by atoms with Crippen LogP contribution in [0.4, 0.5) is 0 Å². The van der Waals surface area contributed by atoms with E-state index in [4.69, 9.17) is 0 Å². The maximum atomic E-state index is 3.47. The summed E-state index contributed by atoms with van der Waals surface area (Å²) in [6.07, 6.45) is 4.33. The number of hydrogen-bond acceptors (Lipinski definition) is 2. The molecule has 2 aliphatic rings. The second-order valence-corrected chi connectivity index (χ2v) is 6.78. The summed E-state index contributed by atoms with van der Waals surface area (Å²) in [6.45, 7) is 7.39. The summed E-state index contributed by atoms with van der Waals surface area (Å²) in [6, 6.07) is 0. The average Bonchev–Trinajstić information content (AvgIpc) is 2.63. The van der Waals surface area contributed by atoms with Crippen LogP contribution in [0.15, 0.2) is 0 Å². The lowest BCUT2D eigenvalue weighted by atomic mass is 9.84. The second kappa shape index (κ2) is 3.82. The van der Waals surface area contributed by atoms with Crippen LogP contribution in [0.1, 0.15) is 33.1 Å². The summed E-state index contributed by atoms with van der Waals surface area (Å²) in [4.78, 5) is 0. The van der Waals surface area contributed by atoms with E-state index in [1.165, 1.54) is 38.1 Å². The maximum Gasteiger partial charge on any atom is 0.0132 e. The molecule has 0 aromatic rings. The molecular weight excluding hydrogens is 178 g/mol. The minimum Gasteiger partial charge on any atom is -0.316 e. The fraction of sp³-hybridized carbons (Fsp3) is 1.00. The van der Waals surface area contributed by atoms with Crippen LogP contribution in [0.5, 0.6) is 0 Å². The zero-order valence-corrected chi connectivity index (χ0v) is 9.62. The molecule has 2 aliphatic heterocycles. The Morgan fingerprint density at radius 3 is 2.77 bits per heavy atom. The van der Waals surface area contributed by atoms with E-state index in [2.05, 4.69) is 30.9 Å². The van der Waals surface area contributed by atoms with Gasteiger partial charge in [-0.15, -0.1) is 0 Å². The summed E-state index contributed by atoms with van der Waals surface area (Å²) in [7, 11) is 0. The molecule has 76 valence electrons. The van der Waals surface area contributed by atoms with Crippen LogP contribution in [0.25, 0.3) is 0 Å². The lowest BCUT2D eigenvalue weighted by molar-refractivity contribution is 0.339. The first-order chi connectivity index (χ1) is 6.18. The Balaban J connectivity index is 1.86. The molecular formula is C11H21NS. The Kier molecular flexibility index (Phi) is 2.89. The zero-order chi connectivity index (χ0) is 9.31. The molecule has 2 rings (SSSR count). The van der Waals surface area contributed by atoms with Crippen LogP contribution in [0.3, 0.4) is 0 Å². The summed E-state index contributed by atoms with van der Waals surface area (Å²) in [5.41, 5.74) is 0. The summed E-state index contributed by atoms with van der Waals surface area (Å²) in [5, 5.41) is 3.47. The molecule has 0 aromatic carbocycles. The molecule has 1 nitrogen and oxygen atoms in total. The number of hydrogen-bond donors (Lipinski definition) is 1. The van der Waals surface area contributed by atoms with E-state index < -0.39 is 0 Å². The maximum absolute atomic E-state index is 3.47. The highest BCUT2D eigenvalue weighted by atomic mass is 32.2. The molecule has 2 saturated heterocycles. The quantitative estimate of drug-likeness (QED) is 0.733. The van der Waals surface area contributed by atoms with Gasteiger partial charge in [0, 0.05) is 4.75 Å². The fourth-order valence-corrected chi connectivity index (χ4v) is 4.03. The number of rotatable bonds is 2. The van der Waals surface area contributed by atoms with Gasteiger partial charge in [-0.1, -0.05) is 13.8 Å². The molecule has 2 heterocycles. The van der Waals surface area contributed by atoms with Crippen molar-refractivity contribution in [2.45, 2.75) is 37.9 Å². The number of thioether (sulfide) groups is 1. The van der Waals surface area contributed by atoms with Gasteiger partial charge in [0.1, 0.15) is 0 Å². The zero-order valence-electron chi connectivity index (χ0n) is 8.81. The molecule has 0 bridgehead atoms. The third-order valence-electron chi connectivity index (χ3n) is 3.70. The van der Waals surface area contributed by atoms with E-state index in [9.17, 15) is 0 Å². The first-order valence-corrected chi connectivity index (χ1v) is 6.52. The van der Waals surface area contributed by atoms with Crippen LogP contribution < -0.4 is 5.32 Å². The van der Waals surface area contributed by atoms with Gasteiger partial charge < -0.3 is 5.32 Å². The van der Waals surface area contributed by atoms with Gasteiger partial charge in [0.15, 0.2) is 0 Å². The fourth-order valence-electron chi connectivity index (χ4n) is 2.65. The molecule has 0 amide bonds. The Bertz CT molecular complexity index is 173. The van der Waals surface area contributed by atoms with E-state index >= 15 is 0 Å². The van der Waals surface area contributed by atoms with Gasteiger partial charge in [-0.05, 0) is 49.9 Å². The molecule has 0 saturated carbocycles. The molecule has 0 radical (unpaired) electrons. The van der Waals surface area contributed by atoms with Crippen molar-refractivity contribution in [3.63, 3.8) is 0 Å². The van der Waals surface area contributed by atoms with Gasteiger partial charge in [-0.25, -0.2) is 0 Å². The highest BCUT2D eigenvalue weighted by Crippen LogP contribution is 2.45. The largest absolute Gasteiger partial charge is 0.316 e. The summed E-state index contributed by atoms with van der Waals surface area (Å²) >= 11 is 2.17. The van der Waals surface area contributed by atoms with E-state index in [0.29, 0.717) is 4.75 Å². The average molecular weight is 199 g/mol. The molecule has 2 atom stereocenters. The molecule has 13 heavy (non-hydrogen) atoms. The van der Waals surface area contributed by atoms with Crippen molar-refractivity contribution < 1.29 is 0 Å². The Morgan fingerprint density at radius 1 is 1.38 bits per heavy atom. The molecule has 2 heteroatoms. The highest BCUT2D eigenvalue weighted by Gasteiger charge is 2.36. The van der Waals surface area contributed by atoms with Crippen molar-refractivity contribution in [2.75, 3.05) is 18.8 Å². The minimum absolute atomic E-state index is 0.558. The third kappa shape index (κ3) is 2.21. The van der Waals surface area contributed by atoms with Crippen molar-refractivity contribution in [3.05, 3.63) is 0 Å². The smallest absolute Gasteiger partial charge is 0.0132 e. The Hall–Kier alpha value is 0.310. The third-order valence-corrected chi connectivity index (χ3v) is 5.22. The van der Waals surface area contributed by atoms with E-state index in [0.717, 1.165) is 11.8 Å². The van der Waals surface area contributed by atoms with Crippen molar-refractivity contribution >= 4 is 11.8 Å². The molecule has 2 fully saturated rings. The summed E-state index contributed by atoms with van der Waals surface area (Å²) in [5.74, 6) is 3.34.